The molecular weight excluding hydrogens is 378 g/mol. The van der Waals surface area contributed by atoms with Crippen molar-refractivity contribution >= 4 is 38.9 Å². The maximum atomic E-state index is 12.7. The van der Waals surface area contributed by atoms with Gasteiger partial charge in [0.2, 0.25) is 11.8 Å². The molecule has 2 saturated heterocycles. The number of sulfonamides is 1. The lowest BCUT2D eigenvalue weighted by atomic mass is 10.2. The van der Waals surface area contributed by atoms with E-state index in [1.54, 1.807) is 6.07 Å². The van der Waals surface area contributed by atoms with Crippen LogP contribution in [0.4, 0.5) is 17.1 Å². The molecule has 2 aliphatic rings. The Morgan fingerprint density at radius 3 is 2.11 bits per heavy atom. The van der Waals surface area contributed by atoms with Gasteiger partial charge in [0.15, 0.2) is 0 Å². The molecule has 2 aromatic carbocycles. The summed E-state index contributed by atoms with van der Waals surface area (Å²) in [5.74, 6) is -0.532. The molecule has 2 amide bonds. The third-order valence-electron chi connectivity index (χ3n) is 5.03. The van der Waals surface area contributed by atoms with E-state index in [0.29, 0.717) is 11.4 Å². The van der Waals surface area contributed by atoms with Crippen molar-refractivity contribution < 1.29 is 18.0 Å². The summed E-state index contributed by atoms with van der Waals surface area (Å²) in [6, 6.07) is 13.1. The number of rotatable bonds is 5. The van der Waals surface area contributed by atoms with Crippen LogP contribution in [0.2, 0.25) is 0 Å². The lowest BCUT2D eigenvalue weighted by molar-refractivity contribution is -0.121. The average Bonchev–Trinajstić information content (AvgIpc) is 3.32. The SMILES string of the molecule is O=C1CCC(=O)N1c1ccc(S(=O)(=O)Nc2cccc(N3CCCC3)c2)cc1. The van der Waals surface area contributed by atoms with Crippen molar-refractivity contribution in [2.24, 2.45) is 0 Å². The van der Waals surface area contributed by atoms with Crippen LogP contribution in [0.1, 0.15) is 25.7 Å². The molecule has 0 radical (unpaired) electrons. The number of nitrogens with one attached hydrogen (secondary N) is 1. The normalized spacial score (nSPS) is 17.4. The number of hydrogen-bond acceptors (Lipinski definition) is 5. The highest BCUT2D eigenvalue weighted by atomic mass is 32.2. The Labute approximate surface area is 164 Å². The maximum absolute atomic E-state index is 12.7. The zero-order valence-corrected chi connectivity index (χ0v) is 16.1. The van der Waals surface area contributed by atoms with Gasteiger partial charge in [0.1, 0.15) is 0 Å². The molecule has 0 bridgehead atoms. The summed E-state index contributed by atoms with van der Waals surface area (Å²) >= 11 is 0. The van der Waals surface area contributed by atoms with E-state index in [0.717, 1.165) is 36.5 Å². The molecule has 4 rings (SSSR count). The molecule has 28 heavy (non-hydrogen) atoms. The standard InChI is InChI=1S/C20H21N3O4S/c24-19-10-11-20(25)23(19)16-6-8-18(9-7-16)28(26,27)21-15-4-3-5-17(14-15)22-12-1-2-13-22/h3-9,14,21H,1-2,10-13H2. The lowest BCUT2D eigenvalue weighted by Crippen LogP contribution is -2.28. The Morgan fingerprint density at radius 1 is 0.821 bits per heavy atom. The van der Waals surface area contributed by atoms with Crippen LogP contribution in [0, 0.1) is 0 Å². The van der Waals surface area contributed by atoms with Crippen LogP contribution >= 0.6 is 0 Å². The predicted octanol–water partition coefficient (Wildman–Crippen LogP) is 2.74. The summed E-state index contributed by atoms with van der Waals surface area (Å²) in [5.41, 5.74) is 1.89. The first-order valence-corrected chi connectivity index (χ1v) is 10.8. The number of carbonyl (C=O) groups excluding carboxylic acids is 2. The number of carbonyl (C=O) groups is 2. The highest BCUT2D eigenvalue weighted by molar-refractivity contribution is 7.92. The number of hydrogen-bond donors (Lipinski definition) is 1. The monoisotopic (exact) mass is 399 g/mol. The second-order valence-corrected chi connectivity index (χ2v) is 8.65. The second kappa shape index (κ2) is 7.27. The highest BCUT2D eigenvalue weighted by Crippen LogP contribution is 2.27. The Kier molecular flexibility index (Phi) is 4.80. The first kappa shape index (κ1) is 18.5. The van der Waals surface area contributed by atoms with Crippen LogP contribution in [0.3, 0.4) is 0 Å². The van der Waals surface area contributed by atoms with Crippen molar-refractivity contribution in [1.82, 2.24) is 0 Å². The molecule has 2 heterocycles. The van der Waals surface area contributed by atoms with E-state index in [2.05, 4.69) is 9.62 Å². The quantitative estimate of drug-likeness (QED) is 0.782. The van der Waals surface area contributed by atoms with E-state index >= 15 is 0 Å². The van der Waals surface area contributed by atoms with E-state index in [1.165, 1.54) is 24.3 Å². The van der Waals surface area contributed by atoms with Crippen molar-refractivity contribution in [2.75, 3.05) is 27.6 Å². The van der Waals surface area contributed by atoms with E-state index in [1.807, 2.05) is 18.2 Å². The minimum Gasteiger partial charge on any atom is -0.371 e. The van der Waals surface area contributed by atoms with Gasteiger partial charge in [-0.3, -0.25) is 19.2 Å². The fourth-order valence-corrected chi connectivity index (χ4v) is 4.64. The summed E-state index contributed by atoms with van der Waals surface area (Å²) in [6.45, 7) is 1.96. The van der Waals surface area contributed by atoms with Gasteiger partial charge in [0.25, 0.3) is 10.0 Å². The molecule has 1 N–H and O–H groups in total. The Hall–Kier alpha value is -2.87. The van der Waals surface area contributed by atoms with E-state index in [4.69, 9.17) is 0 Å². The number of imide groups is 1. The van der Waals surface area contributed by atoms with Gasteiger partial charge in [0.05, 0.1) is 16.3 Å². The molecule has 0 aliphatic carbocycles. The van der Waals surface area contributed by atoms with E-state index in [9.17, 15) is 18.0 Å². The van der Waals surface area contributed by atoms with Gasteiger partial charge in [-0.25, -0.2) is 8.42 Å². The van der Waals surface area contributed by atoms with Crippen LogP contribution in [0.5, 0.6) is 0 Å². The van der Waals surface area contributed by atoms with Crippen molar-refractivity contribution in [1.29, 1.82) is 0 Å². The largest absolute Gasteiger partial charge is 0.371 e. The van der Waals surface area contributed by atoms with Crippen LogP contribution in [-0.2, 0) is 19.6 Å². The van der Waals surface area contributed by atoms with Gasteiger partial charge in [-0.2, -0.15) is 0 Å². The van der Waals surface area contributed by atoms with Crippen LogP contribution in [0.15, 0.2) is 53.4 Å². The Morgan fingerprint density at radius 2 is 1.46 bits per heavy atom. The topological polar surface area (TPSA) is 86.8 Å². The molecule has 7 nitrogen and oxygen atoms in total. The fraction of sp³-hybridized carbons (Fsp3) is 0.300. The number of amides is 2. The molecule has 0 spiro atoms. The molecule has 2 aromatic rings. The smallest absolute Gasteiger partial charge is 0.261 e. The van der Waals surface area contributed by atoms with E-state index < -0.39 is 10.0 Å². The number of benzene rings is 2. The molecule has 8 heteroatoms. The number of nitrogens with zero attached hydrogens (tertiary/aromatic N) is 2. The van der Waals surface area contributed by atoms with Crippen LogP contribution in [0.25, 0.3) is 0 Å². The molecule has 2 aliphatic heterocycles. The summed E-state index contributed by atoms with van der Waals surface area (Å²) in [6.07, 6.45) is 2.66. The Balaban J connectivity index is 1.53. The van der Waals surface area contributed by atoms with Crippen LogP contribution < -0.4 is 14.5 Å². The van der Waals surface area contributed by atoms with Gasteiger partial charge >= 0.3 is 0 Å². The molecule has 146 valence electrons. The second-order valence-electron chi connectivity index (χ2n) is 6.97. The summed E-state index contributed by atoms with van der Waals surface area (Å²) < 4.78 is 28.0. The van der Waals surface area contributed by atoms with Gasteiger partial charge in [0, 0.05) is 31.6 Å². The average molecular weight is 399 g/mol. The lowest BCUT2D eigenvalue weighted by Gasteiger charge is -2.19. The summed E-state index contributed by atoms with van der Waals surface area (Å²) in [7, 11) is -3.78. The fourth-order valence-electron chi connectivity index (χ4n) is 3.59. The molecule has 0 unspecified atom stereocenters. The minimum atomic E-state index is -3.78. The molecule has 0 aromatic heterocycles. The maximum Gasteiger partial charge on any atom is 0.261 e. The predicted molar refractivity (Wildman–Crippen MR) is 107 cm³/mol. The first-order valence-electron chi connectivity index (χ1n) is 9.28. The molecular formula is C20H21N3O4S. The zero-order chi connectivity index (χ0) is 19.7. The summed E-state index contributed by atoms with van der Waals surface area (Å²) in [5, 5.41) is 0. The van der Waals surface area contributed by atoms with Gasteiger partial charge in [-0.15, -0.1) is 0 Å². The highest BCUT2D eigenvalue weighted by Gasteiger charge is 2.30. The van der Waals surface area contributed by atoms with Crippen LogP contribution in [-0.4, -0.2) is 33.3 Å². The Bertz CT molecular complexity index is 996. The molecule has 0 saturated carbocycles. The van der Waals surface area contributed by atoms with Crippen molar-refractivity contribution in [3.05, 3.63) is 48.5 Å². The third-order valence-corrected chi connectivity index (χ3v) is 6.42. The number of anilines is 3. The van der Waals surface area contributed by atoms with E-state index in [-0.39, 0.29) is 29.6 Å². The third kappa shape index (κ3) is 3.60. The molecule has 0 atom stereocenters. The van der Waals surface area contributed by atoms with Gasteiger partial charge in [-0.05, 0) is 55.3 Å². The first-order chi connectivity index (χ1) is 13.4. The molecule has 2 fully saturated rings. The van der Waals surface area contributed by atoms with Crippen molar-refractivity contribution in [3.8, 4) is 0 Å². The van der Waals surface area contributed by atoms with Crippen molar-refractivity contribution in [3.63, 3.8) is 0 Å². The van der Waals surface area contributed by atoms with Gasteiger partial charge < -0.3 is 4.90 Å². The van der Waals surface area contributed by atoms with Gasteiger partial charge in [-0.1, -0.05) is 6.07 Å². The summed E-state index contributed by atoms with van der Waals surface area (Å²) in [4.78, 5) is 27.0. The zero-order valence-electron chi connectivity index (χ0n) is 15.3. The minimum absolute atomic E-state index is 0.0712. The van der Waals surface area contributed by atoms with Crippen molar-refractivity contribution in [2.45, 2.75) is 30.6 Å².